The molecule has 1 rings (SSSR count). The summed E-state index contributed by atoms with van der Waals surface area (Å²) >= 11 is 1.77. The first-order valence-corrected chi connectivity index (χ1v) is 4.64. The molecule has 0 aromatic heterocycles. The molecule has 0 amide bonds. The SMILES string of the molecule is C=N[N+](=NCC)C1=CCCS1. The highest BCUT2D eigenvalue weighted by molar-refractivity contribution is 8.03. The van der Waals surface area contributed by atoms with Gasteiger partial charge in [0.15, 0.2) is 0 Å². The third-order valence-corrected chi connectivity index (χ3v) is 2.36. The van der Waals surface area contributed by atoms with E-state index in [-0.39, 0.29) is 0 Å². The molecule has 0 bridgehead atoms. The molecule has 60 valence electrons. The Hall–Kier alpha value is -0.640. The zero-order chi connectivity index (χ0) is 8.10. The van der Waals surface area contributed by atoms with Gasteiger partial charge in [-0.1, -0.05) is 11.8 Å². The average Bonchev–Trinajstić information content (AvgIpc) is 2.52. The molecule has 0 fully saturated rings. The number of hydrogen-bond acceptors (Lipinski definition) is 2. The fourth-order valence-corrected chi connectivity index (χ4v) is 1.77. The first-order chi connectivity index (χ1) is 5.38. The summed E-state index contributed by atoms with van der Waals surface area (Å²) in [6.07, 6.45) is 3.25. The molecule has 0 saturated carbocycles. The van der Waals surface area contributed by atoms with Crippen LogP contribution in [-0.2, 0) is 0 Å². The van der Waals surface area contributed by atoms with Gasteiger partial charge >= 0.3 is 0 Å². The summed E-state index contributed by atoms with van der Waals surface area (Å²) in [5.41, 5.74) is 0. The van der Waals surface area contributed by atoms with Crippen molar-refractivity contribution in [2.24, 2.45) is 10.2 Å². The van der Waals surface area contributed by atoms with Crippen LogP contribution in [0.25, 0.3) is 0 Å². The molecule has 0 spiro atoms. The van der Waals surface area contributed by atoms with Gasteiger partial charge in [0.2, 0.25) is 0 Å². The average molecular weight is 170 g/mol. The van der Waals surface area contributed by atoms with Crippen molar-refractivity contribution >= 4 is 18.5 Å². The van der Waals surface area contributed by atoms with E-state index in [0.717, 1.165) is 23.7 Å². The van der Waals surface area contributed by atoms with E-state index in [9.17, 15) is 0 Å². The van der Waals surface area contributed by atoms with Crippen molar-refractivity contribution in [3.05, 3.63) is 11.1 Å². The topological polar surface area (TPSA) is 27.7 Å². The zero-order valence-electron chi connectivity index (χ0n) is 6.66. The van der Waals surface area contributed by atoms with Gasteiger partial charge in [0, 0.05) is 16.9 Å². The second-order valence-corrected chi connectivity index (χ2v) is 3.18. The fourth-order valence-electron chi connectivity index (χ4n) is 0.862. The van der Waals surface area contributed by atoms with Crippen LogP contribution in [0.5, 0.6) is 0 Å². The molecule has 0 saturated heterocycles. The monoisotopic (exact) mass is 170 g/mol. The van der Waals surface area contributed by atoms with Crippen molar-refractivity contribution in [2.75, 3.05) is 12.3 Å². The number of rotatable bonds is 3. The maximum absolute atomic E-state index is 4.14. The number of nitrogens with zero attached hydrogens (tertiary/aromatic N) is 3. The molecule has 11 heavy (non-hydrogen) atoms. The lowest BCUT2D eigenvalue weighted by molar-refractivity contribution is -0.540. The minimum atomic E-state index is 0.747. The first kappa shape index (κ1) is 8.46. The van der Waals surface area contributed by atoms with Gasteiger partial charge < -0.3 is 0 Å². The zero-order valence-corrected chi connectivity index (χ0v) is 7.47. The van der Waals surface area contributed by atoms with E-state index in [0.29, 0.717) is 0 Å². The third kappa shape index (κ3) is 2.15. The molecule has 0 aromatic rings. The number of thioether (sulfide) groups is 1. The van der Waals surface area contributed by atoms with Crippen LogP contribution in [0.15, 0.2) is 21.3 Å². The number of azo groups is 1. The normalized spacial score (nSPS) is 18.3. The second-order valence-electron chi connectivity index (χ2n) is 2.07. The fraction of sp³-hybridized carbons (Fsp3) is 0.571. The van der Waals surface area contributed by atoms with Gasteiger partial charge in [-0.3, -0.25) is 0 Å². The van der Waals surface area contributed by atoms with Crippen molar-refractivity contribution in [3.8, 4) is 0 Å². The Morgan fingerprint density at radius 1 is 1.82 bits per heavy atom. The number of hydrazone groups is 1. The van der Waals surface area contributed by atoms with Crippen molar-refractivity contribution in [3.63, 3.8) is 0 Å². The summed E-state index contributed by atoms with van der Waals surface area (Å²) in [6.45, 7) is 6.18. The van der Waals surface area contributed by atoms with Crippen LogP contribution >= 0.6 is 11.8 Å². The minimum absolute atomic E-state index is 0.747. The highest BCUT2D eigenvalue weighted by Crippen LogP contribution is 2.25. The number of hydrogen-bond donors (Lipinski definition) is 0. The summed E-state index contributed by atoms with van der Waals surface area (Å²) in [6, 6.07) is 0. The van der Waals surface area contributed by atoms with E-state index in [1.54, 1.807) is 16.6 Å². The first-order valence-electron chi connectivity index (χ1n) is 3.65. The van der Waals surface area contributed by atoms with Gasteiger partial charge in [0.05, 0.1) is 11.5 Å². The molecule has 1 aliphatic heterocycles. The Labute approximate surface area is 70.9 Å². The van der Waals surface area contributed by atoms with Crippen molar-refractivity contribution in [1.82, 2.24) is 0 Å². The van der Waals surface area contributed by atoms with Gasteiger partial charge in [-0.05, 0) is 18.5 Å². The van der Waals surface area contributed by atoms with Crippen LogP contribution in [0.1, 0.15) is 13.3 Å². The summed E-state index contributed by atoms with van der Waals surface area (Å²) in [7, 11) is 0. The van der Waals surface area contributed by atoms with E-state index in [4.69, 9.17) is 0 Å². The Kier molecular flexibility index (Phi) is 3.29. The molecule has 0 N–H and O–H groups in total. The Morgan fingerprint density at radius 2 is 2.64 bits per heavy atom. The lowest BCUT2D eigenvalue weighted by atomic mass is 10.5. The summed E-state index contributed by atoms with van der Waals surface area (Å²) < 4.78 is 0. The van der Waals surface area contributed by atoms with Crippen molar-refractivity contribution in [2.45, 2.75) is 13.3 Å². The Morgan fingerprint density at radius 3 is 3.09 bits per heavy atom. The van der Waals surface area contributed by atoms with E-state index in [2.05, 4.69) is 23.0 Å². The molecule has 0 aliphatic carbocycles. The smallest absolute Gasteiger partial charge is 0.0516 e. The standard InChI is InChI=1S/C7H12N3S/c1-3-9-10(8-2)7-5-4-6-11-7/h5H,2-4,6H2,1H3/q+1. The van der Waals surface area contributed by atoms with E-state index in [1.165, 1.54) is 0 Å². The molecule has 4 heteroatoms. The summed E-state index contributed by atoms with van der Waals surface area (Å²) in [4.78, 5) is 1.61. The van der Waals surface area contributed by atoms with E-state index in [1.807, 2.05) is 6.92 Å². The molecule has 0 radical (unpaired) electrons. The van der Waals surface area contributed by atoms with Gasteiger partial charge in [-0.25, -0.2) is 0 Å². The van der Waals surface area contributed by atoms with Crippen LogP contribution in [-0.4, -0.2) is 23.8 Å². The lowest BCUT2D eigenvalue weighted by Gasteiger charge is -1.87. The second kappa shape index (κ2) is 4.28. The molecule has 1 aliphatic rings. The molecule has 0 unspecified atom stereocenters. The van der Waals surface area contributed by atoms with E-state index >= 15 is 0 Å². The highest BCUT2D eigenvalue weighted by atomic mass is 32.2. The molecule has 0 aromatic carbocycles. The highest BCUT2D eigenvalue weighted by Gasteiger charge is 2.18. The maximum Gasteiger partial charge on any atom is 0.297 e. The number of allylic oxidation sites excluding steroid dienone is 1. The predicted molar refractivity (Wildman–Crippen MR) is 47.9 cm³/mol. The lowest BCUT2D eigenvalue weighted by Crippen LogP contribution is -1.96. The Balaban J connectivity index is 2.68. The van der Waals surface area contributed by atoms with Crippen LogP contribution in [0.2, 0.25) is 0 Å². The van der Waals surface area contributed by atoms with Gasteiger partial charge in [0.1, 0.15) is 6.54 Å². The van der Waals surface area contributed by atoms with Crippen LogP contribution in [0, 0.1) is 0 Å². The maximum atomic E-state index is 4.14. The molecule has 3 nitrogen and oxygen atoms in total. The molecular weight excluding hydrogens is 158 g/mol. The summed E-state index contributed by atoms with van der Waals surface area (Å²) in [5.74, 6) is 1.14. The van der Waals surface area contributed by atoms with Crippen LogP contribution < -0.4 is 0 Å². The molecule has 1 heterocycles. The Bertz CT molecular complexity index is 208. The van der Waals surface area contributed by atoms with Gasteiger partial charge in [0.25, 0.3) is 5.03 Å². The van der Waals surface area contributed by atoms with Gasteiger partial charge in [-0.2, -0.15) is 0 Å². The van der Waals surface area contributed by atoms with E-state index < -0.39 is 0 Å². The predicted octanol–water partition coefficient (Wildman–Crippen LogP) is 2.06. The van der Waals surface area contributed by atoms with Gasteiger partial charge in [-0.15, -0.1) is 0 Å². The largest absolute Gasteiger partial charge is 0.297 e. The van der Waals surface area contributed by atoms with Crippen molar-refractivity contribution < 1.29 is 4.81 Å². The minimum Gasteiger partial charge on any atom is -0.0516 e. The third-order valence-electron chi connectivity index (χ3n) is 1.29. The summed E-state index contributed by atoms with van der Waals surface area (Å²) in [5, 5.41) is 9.04. The molecule has 0 atom stereocenters. The van der Waals surface area contributed by atoms with Crippen LogP contribution in [0.4, 0.5) is 0 Å². The van der Waals surface area contributed by atoms with Crippen molar-refractivity contribution in [1.29, 1.82) is 0 Å². The quantitative estimate of drug-likeness (QED) is 0.276. The molecular formula is C7H12N3S+. The van der Waals surface area contributed by atoms with Crippen LogP contribution in [0.3, 0.4) is 0 Å².